The molecule has 96 valence electrons. The Balaban J connectivity index is 1.87. The van der Waals surface area contributed by atoms with E-state index < -0.39 is 12.0 Å². The van der Waals surface area contributed by atoms with Crippen molar-refractivity contribution in [1.29, 1.82) is 0 Å². The maximum absolute atomic E-state index is 11.6. The van der Waals surface area contributed by atoms with Crippen LogP contribution in [-0.4, -0.2) is 53.1 Å². The van der Waals surface area contributed by atoms with Crippen LogP contribution < -0.4 is 0 Å². The lowest BCUT2D eigenvalue weighted by Crippen LogP contribution is -2.47. The summed E-state index contributed by atoms with van der Waals surface area (Å²) < 4.78 is 0. The first-order valence-corrected chi connectivity index (χ1v) is 6.40. The molecular weight excluding hydrogens is 228 g/mol. The summed E-state index contributed by atoms with van der Waals surface area (Å²) in [4.78, 5) is 16.1. The molecule has 2 unspecified atom stereocenters. The molecule has 2 fully saturated rings. The molecule has 3 rings (SSSR count). The average Bonchev–Trinajstić information content (AvgIpc) is 2.89. The van der Waals surface area contributed by atoms with Gasteiger partial charge in [0.15, 0.2) is 0 Å². The van der Waals surface area contributed by atoms with Crippen LogP contribution in [0.1, 0.15) is 18.0 Å². The van der Waals surface area contributed by atoms with Crippen LogP contribution in [0.25, 0.3) is 0 Å². The van der Waals surface area contributed by atoms with Crippen LogP contribution in [0.4, 0.5) is 0 Å². The Labute approximate surface area is 107 Å². The van der Waals surface area contributed by atoms with Gasteiger partial charge in [0.25, 0.3) is 0 Å². The van der Waals surface area contributed by atoms with Gasteiger partial charge < -0.3 is 10.0 Å². The molecule has 0 saturated carbocycles. The Morgan fingerprint density at radius 3 is 2.50 bits per heavy atom. The quantitative estimate of drug-likeness (QED) is 0.870. The molecule has 18 heavy (non-hydrogen) atoms. The van der Waals surface area contributed by atoms with E-state index in [0.29, 0.717) is 12.1 Å². The monoisotopic (exact) mass is 246 g/mol. The topological polar surface area (TPSA) is 43.8 Å². The highest BCUT2D eigenvalue weighted by Crippen LogP contribution is 2.36. The number of likely N-dealkylation sites (N-methyl/N-ethyl adjacent to an activating group) is 1. The predicted molar refractivity (Wildman–Crippen MR) is 68.3 cm³/mol. The molecule has 4 heteroatoms. The van der Waals surface area contributed by atoms with Crippen molar-refractivity contribution < 1.29 is 9.90 Å². The third kappa shape index (κ3) is 1.82. The molecule has 0 aromatic heterocycles. The minimum Gasteiger partial charge on any atom is -0.480 e. The molecule has 1 aromatic rings. The minimum atomic E-state index is -0.739. The summed E-state index contributed by atoms with van der Waals surface area (Å²) in [6.07, 6.45) is 1.10. The molecule has 0 radical (unpaired) electrons. The Morgan fingerprint density at radius 1 is 1.28 bits per heavy atom. The number of carboxylic acids is 1. The van der Waals surface area contributed by atoms with E-state index in [1.165, 1.54) is 0 Å². The number of benzene rings is 1. The summed E-state index contributed by atoms with van der Waals surface area (Å²) in [6.45, 7) is 1.86. The first kappa shape index (κ1) is 11.7. The van der Waals surface area contributed by atoms with Gasteiger partial charge in [0.2, 0.25) is 0 Å². The van der Waals surface area contributed by atoms with E-state index in [2.05, 4.69) is 16.8 Å². The molecule has 0 amide bonds. The molecular formula is C14H18N2O2. The fourth-order valence-electron chi connectivity index (χ4n) is 3.32. The maximum Gasteiger partial charge on any atom is 0.325 e. The molecule has 2 bridgehead atoms. The summed E-state index contributed by atoms with van der Waals surface area (Å²) in [5, 5.41) is 9.53. The number of hydrogen-bond donors (Lipinski definition) is 1. The van der Waals surface area contributed by atoms with Gasteiger partial charge in [-0.05, 0) is 19.0 Å². The number of piperazine rings is 1. The molecule has 2 aliphatic rings. The van der Waals surface area contributed by atoms with Gasteiger partial charge in [-0.3, -0.25) is 9.69 Å². The highest BCUT2D eigenvalue weighted by atomic mass is 16.4. The summed E-state index contributed by atoms with van der Waals surface area (Å²) >= 11 is 0. The number of nitrogens with zero attached hydrogens (tertiary/aromatic N) is 2. The van der Waals surface area contributed by atoms with Crippen molar-refractivity contribution in [1.82, 2.24) is 9.80 Å². The average molecular weight is 246 g/mol. The van der Waals surface area contributed by atoms with Gasteiger partial charge in [0.1, 0.15) is 6.04 Å². The van der Waals surface area contributed by atoms with E-state index >= 15 is 0 Å². The van der Waals surface area contributed by atoms with Crippen molar-refractivity contribution in [2.75, 3.05) is 20.1 Å². The van der Waals surface area contributed by atoms with E-state index in [1.54, 1.807) is 0 Å². The molecule has 4 nitrogen and oxygen atoms in total. The van der Waals surface area contributed by atoms with E-state index in [9.17, 15) is 9.90 Å². The van der Waals surface area contributed by atoms with Crippen LogP contribution in [-0.2, 0) is 4.79 Å². The van der Waals surface area contributed by atoms with E-state index in [-0.39, 0.29) is 0 Å². The molecule has 3 atom stereocenters. The third-order valence-electron chi connectivity index (χ3n) is 4.24. The van der Waals surface area contributed by atoms with Crippen LogP contribution >= 0.6 is 0 Å². The highest BCUT2D eigenvalue weighted by molar-refractivity contribution is 5.75. The van der Waals surface area contributed by atoms with Crippen molar-refractivity contribution in [2.24, 2.45) is 0 Å². The van der Waals surface area contributed by atoms with Crippen LogP contribution in [0.5, 0.6) is 0 Å². The lowest BCUT2D eigenvalue weighted by atomic mass is 10.0. The smallest absolute Gasteiger partial charge is 0.325 e. The second-order valence-electron chi connectivity index (χ2n) is 5.33. The van der Waals surface area contributed by atoms with Gasteiger partial charge in [-0.2, -0.15) is 0 Å². The lowest BCUT2D eigenvalue weighted by Gasteiger charge is -2.35. The Hall–Kier alpha value is -1.39. The number of fused-ring (bicyclic) bond motifs is 2. The zero-order valence-electron chi connectivity index (χ0n) is 10.5. The van der Waals surface area contributed by atoms with Gasteiger partial charge in [0, 0.05) is 25.2 Å². The summed E-state index contributed by atoms with van der Waals surface area (Å²) in [7, 11) is 2.13. The minimum absolute atomic E-state index is 0.390. The predicted octanol–water partition coefficient (Wildman–Crippen LogP) is 1.20. The fourth-order valence-corrected chi connectivity index (χ4v) is 3.32. The van der Waals surface area contributed by atoms with Crippen molar-refractivity contribution in [3.05, 3.63) is 35.9 Å². The summed E-state index contributed by atoms with van der Waals surface area (Å²) in [5.41, 5.74) is 0.889. The van der Waals surface area contributed by atoms with Gasteiger partial charge in [-0.15, -0.1) is 0 Å². The van der Waals surface area contributed by atoms with E-state index in [0.717, 1.165) is 25.1 Å². The van der Waals surface area contributed by atoms with Crippen molar-refractivity contribution in [3.8, 4) is 0 Å². The number of hydrogen-bond acceptors (Lipinski definition) is 3. The van der Waals surface area contributed by atoms with Crippen molar-refractivity contribution in [3.63, 3.8) is 0 Å². The Kier molecular flexibility index (Phi) is 2.84. The summed E-state index contributed by atoms with van der Waals surface area (Å²) in [5.74, 6) is -0.739. The first-order valence-electron chi connectivity index (χ1n) is 6.40. The molecule has 2 saturated heterocycles. The van der Waals surface area contributed by atoms with Gasteiger partial charge in [-0.25, -0.2) is 0 Å². The summed E-state index contributed by atoms with van der Waals surface area (Å²) in [6, 6.07) is 9.99. The van der Waals surface area contributed by atoms with E-state index in [1.807, 2.05) is 30.3 Å². The molecule has 2 aliphatic heterocycles. The molecule has 1 aromatic carbocycles. The van der Waals surface area contributed by atoms with Crippen LogP contribution in [0.3, 0.4) is 0 Å². The van der Waals surface area contributed by atoms with Crippen LogP contribution in [0.2, 0.25) is 0 Å². The molecule has 1 N–H and O–H groups in total. The lowest BCUT2D eigenvalue weighted by molar-refractivity contribution is -0.144. The second-order valence-corrected chi connectivity index (χ2v) is 5.33. The van der Waals surface area contributed by atoms with Crippen LogP contribution in [0.15, 0.2) is 30.3 Å². The van der Waals surface area contributed by atoms with Crippen molar-refractivity contribution in [2.45, 2.75) is 24.5 Å². The van der Waals surface area contributed by atoms with Gasteiger partial charge in [-0.1, -0.05) is 30.3 Å². The number of carboxylic acid groups (broad SMARTS) is 1. The van der Waals surface area contributed by atoms with E-state index in [4.69, 9.17) is 0 Å². The zero-order valence-corrected chi connectivity index (χ0v) is 10.5. The number of aliphatic carboxylic acids is 1. The second kappa shape index (κ2) is 4.37. The van der Waals surface area contributed by atoms with Gasteiger partial charge in [0.05, 0.1) is 0 Å². The highest BCUT2D eigenvalue weighted by Gasteiger charge is 2.46. The molecule has 0 spiro atoms. The SMILES string of the molecule is CN1CC2C[C@@H]1CN2C(C(=O)O)c1ccccc1. The molecule has 2 heterocycles. The largest absolute Gasteiger partial charge is 0.480 e. The fraction of sp³-hybridized carbons (Fsp3) is 0.500. The van der Waals surface area contributed by atoms with Crippen molar-refractivity contribution >= 4 is 5.97 Å². The standard InChI is InChI=1S/C14H18N2O2/c1-15-8-12-7-11(15)9-16(12)13(14(17)18)10-5-3-2-4-6-10/h2-6,11-13H,7-9H2,1H3,(H,17,18)/t11-,12?,13?/m1/s1. The van der Waals surface area contributed by atoms with Crippen LogP contribution in [0, 0.1) is 0 Å². The number of carbonyl (C=O) groups is 1. The zero-order chi connectivity index (χ0) is 12.7. The molecule has 0 aliphatic carbocycles. The number of rotatable bonds is 3. The number of likely N-dealkylation sites (tertiary alicyclic amines) is 2. The Bertz CT molecular complexity index is 446. The third-order valence-corrected chi connectivity index (χ3v) is 4.24. The maximum atomic E-state index is 11.6. The normalized spacial score (nSPS) is 29.6. The Morgan fingerprint density at radius 2 is 2.00 bits per heavy atom. The first-order chi connectivity index (χ1) is 8.66. The van der Waals surface area contributed by atoms with Gasteiger partial charge >= 0.3 is 5.97 Å².